The Bertz CT molecular complexity index is 944. The fraction of sp³-hybridized carbons (Fsp3) is 0.444. The van der Waals surface area contributed by atoms with Gasteiger partial charge in [-0.15, -0.1) is 11.3 Å². The van der Waals surface area contributed by atoms with Crippen LogP contribution in [0, 0.1) is 17.2 Å². The third-order valence-corrected chi connectivity index (χ3v) is 5.08. The summed E-state index contributed by atoms with van der Waals surface area (Å²) >= 11 is 0.417. The Hall–Kier alpha value is -2.37. The number of thiazole rings is 1. The maximum absolute atomic E-state index is 13.1. The number of aromatic nitrogens is 1. The molecule has 3 unspecified atom stereocenters. The molecule has 0 amide bonds. The van der Waals surface area contributed by atoms with Crippen molar-refractivity contribution in [2.75, 3.05) is 6.61 Å². The highest BCUT2D eigenvalue weighted by molar-refractivity contribution is 7.09. The molecule has 14 heteroatoms. The summed E-state index contributed by atoms with van der Waals surface area (Å²) in [6.07, 6.45) is -19.2. The first-order valence-corrected chi connectivity index (χ1v) is 9.48. The summed E-state index contributed by atoms with van der Waals surface area (Å²) in [5.74, 6) is -1.87. The zero-order valence-corrected chi connectivity index (χ0v) is 16.6. The number of alkyl halides is 9. The first-order chi connectivity index (χ1) is 14.6. The SMILES string of the molecule is CCOC(c1nc(C(F)(F)F)cs1)C(C#N)C(O)c1cc(C(F)(F)F)cc(C(F)(F)F)c1. The number of benzene rings is 1. The van der Waals surface area contributed by atoms with Crippen LogP contribution in [0.5, 0.6) is 0 Å². The maximum atomic E-state index is 13.1. The minimum atomic E-state index is -5.20. The van der Waals surface area contributed by atoms with E-state index in [1.54, 1.807) is 0 Å². The van der Waals surface area contributed by atoms with Crippen molar-refractivity contribution >= 4 is 11.3 Å². The summed E-state index contributed by atoms with van der Waals surface area (Å²) in [5, 5.41) is 20.1. The molecule has 1 aromatic carbocycles. The van der Waals surface area contributed by atoms with E-state index < -0.39 is 64.0 Å². The van der Waals surface area contributed by atoms with Crippen molar-refractivity contribution in [1.82, 2.24) is 4.98 Å². The summed E-state index contributed by atoms with van der Waals surface area (Å²) in [6.45, 7) is 1.19. The van der Waals surface area contributed by atoms with Crippen LogP contribution in [0.25, 0.3) is 0 Å². The number of rotatable bonds is 6. The molecule has 1 heterocycles. The number of hydrogen-bond acceptors (Lipinski definition) is 5. The van der Waals surface area contributed by atoms with Gasteiger partial charge in [0.25, 0.3) is 0 Å². The van der Waals surface area contributed by atoms with Crippen LogP contribution in [-0.2, 0) is 23.3 Å². The summed E-state index contributed by atoms with van der Waals surface area (Å²) in [4.78, 5) is 3.31. The van der Waals surface area contributed by atoms with E-state index in [0.717, 1.165) is 0 Å². The van der Waals surface area contributed by atoms with Crippen molar-refractivity contribution in [1.29, 1.82) is 5.26 Å². The van der Waals surface area contributed by atoms with Crippen molar-refractivity contribution in [2.45, 2.75) is 37.7 Å². The van der Waals surface area contributed by atoms with Gasteiger partial charge in [-0.2, -0.15) is 44.8 Å². The van der Waals surface area contributed by atoms with E-state index in [4.69, 9.17) is 4.74 Å². The molecule has 1 aromatic heterocycles. The lowest BCUT2D eigenvalue weighted by Crippen LogP contribution is -2.23. The lowest BCUT2D eigenvalue weighted by Gasteiger charge is -2.25. The van der Waals surface area contributed by atoms with Gasteiger partial charge in [0.1, 0.15) is 17.0 Å². The first kappa shape index (κ1) is 25.9. The zero-order chi connectivity index (χ0) is 24.5. The van der Waals surface area contributed by atoms with Crippen molar-refractivity contribution in [3.05, 3.63) is 51.0 Å². The molecule has 176 valence electrons. The van der Waals surface area contributed by atoms with Gasteiger partial charge in [-0.3, -0.25) is 0 Å². The monoisotopic (exact) mass is 492 g/mol. The molecule has 0 spiro atoms. The molecule has 0 saturated carbocycles. The normalized spacial score (nSPS) is 15.8. The molecule has 0 aliphatic heterocycles. The molecule has 3 atom stereocenters. The Kier molecular flexibility index (Phi) is 7.48. The van der Waals surface area contributed by atoms with E-state index in [1.807, 2.05) is 0 Å². The van der Waals surface area contributed by atoms with Crippen LogP contribution in [0.4, 0.5) is 39.5 Å². The highest BCUT2D eigenvalue weighted by atomic mass is 32.1. The second-order valence-corrected chi connectivity index (χ2v) is 7.27. The van der Waals surface area contributed by atoms with Crippen molar-refractivity contribution in [3.8, 4) is 6.07 Å². The van der Waals surface area contributed by atoms with Crippen LogP contribution in [0.3, 0.4) is 0 Å². The van der Waals surface area contributed by atoms with Gasteiger partial charge in [-0.25, -0.2) is 4.98 Å². The summed E-state index contributed by atoms with van der Waals surface area (Å²) in [7, 11) is 0. The van der Waals surface area contributed by atoms with Crippen molar-refractivity contribution in [3.63, 3.8) is 0 Å². The Morgan fingerprint density at radius 3 is 1.91 bits per heavy atom. The van der Waals surface area contributed by atoms with Crippen molar-refractivity contribution < 1.29 is 49.4 Å². The van der Waals surface area contributed by atoms with E-state index in [1.165, 1.54) is 13.0 Å². The van der Waals surface area contributed by atoms with Crippen LogP contribution < -0.4 is 0 Å². The maximum Gasteiger partial charge on any atom is 0.434 e. The van der Waals surface area contributed by atoms with Gasteiger partial charge < -0.3 is 9.84 Å². The van der Waals surface area contributed by atoms with Crippen LogP contribution in [0.2, 0.25) is 0 Å². The van der Waals surface area contributed by atoms with Gasteiger partial charge in [0.15, 0.2) is 5.69 Å². The number of ether oxygens (including phenoxy) is 1. The van der Waals surface area contributed by atoms with Gasteiger partial charge in [0.05, 0.1) is 23.3 Å². The van der Waals surface area contributed by atoms with E-state index in [-0.39, 0.29) is 24.8 Å². The minimum absolute atomic E-state index is 0.159. The molecule has 2 aromatic rings. The lowest BCUT2D eigenvalue weighted by molar-refractivity contribution is -0.143. The molecule has 32 heavy (non-hydrogen) atoms. The highest BCUT2D eigenvalue weighted by Gasteiger charge is 2.41. The molecule has 0 bridgehead atoms. The minimum Gasteiger partial charge on any atom is -0.387 e. The fourth-order valence-corrected chi connectivity index (χ4v) is 3.64. The van der Waals surface area contributed by atoms with Crippen LogP contribution in [0.15, 0.2) is 23.6 Å². The predicted octanol–water partition coefficient (Wildman–Crippen LogP) is 6.15. The Balaban J connectivity index is 2.55. The molecule has 4 nitrogen and oxygen atoms in total. The standard InChI is InChI=1S/C18H13F9N2O2S/c1-2-31-14(15-29-12(7-32-15)18(25,26)27)11(6-28)13(30)8-3-9(16(19,20)21)5-10(4-8)17(22,23)24/h3-5,7,11,13-14,30H,2H2,1H3. The topological polar surface area (TPSA) is 66.1 Å². The largest absolute Gasteiger partial charge is 0.434 e. The Morgan fingerprint density at radius 2 is 1.53 bits per heavy atom. The number of nitrogens with zero attached hydrogens (tertiary/aromatic N) is 2. The molecular formula is C18H13F9N2O2S. The number of nitriles is 1. The average molecular weight is 492 g/mol. The van der Waals surface area contributed by atoms with Gasteiger partial charge in [-0.1, -0.05) is 0 Å². The highest BCUT2D eigenvalue weighted by Crippen LogP contribution is 2.42. The Morgan fingerprint density at radius 1 is 1.00 bits per heavy atom. The molecule has 1 N–H and O–H groups in total. The molecule has 0 aliphatic rings. The van der Waals surface area contributed by atoms with Crippen LogP contribution in [-0.4, -0.2) is 16.7 Å². The first-order valence-electron chi connectivity index (χ1n) is 8.60. The number of aliphatic hydroxyl groups is 1. The van der Waals surface area contributed by atoms with Gasteiger partial charge in [0.2, 0.25) is 0 Å². The third-order valence-electron chi connectivity index (χ3n) is 4.17. The Labute approximate surface area is 178 Å². The second-order valence-electron chi connectivity index (χ2n) is 6.38. The van der Waals surface area contributed by atoms with Gasteiger partial charge in [0, 0.05) is 12.0 Å². The molecule has 0 saturated heterocycles. The van der Waals surface area contributed by atoms with Gasteiger partial charge in [-0.05, 0) is 30.7 Å². The van der Waals surface area contributed by atoms with Crippen LogP contribution >= 0.6 is 11.3 Å². The lowest BCUT2D eigenvalue weighted by atomic mass is 9.90. The number of hydrogen-bond donors (Lipinski definition) is 1. The van der Waals surface area contributed by atoms with E-state index in [0.29, 0.717) is 16.7 Å². The number of aliphatic hydroxyl groups excluding tert-OH is 1. The third kappa shape index (κ3) is 5.90. The molecule has 0 aliphatic carbocycles. The number of halogens is 9. The van der Waals surface area contributed by atoms with E-state index >= 15 is 0 Å². The second kappa shape index (κ2) is 9.24. The average Bonchev–Trinajstić information content (AvgIpc) is 3.16. The van der Waals surface area contributed by atoms with E-state index in [9.17, 15) is 49.9 Å². The summed E-state index contributed by atoms with van der Waals surface area (Å²) in [5.41, 5.74) is -5.68. The van der Waals surface area contributed by atoms with Gasteiger partial charge >= 0.3 is 18.5 Å². The van der Waals surface area contributed by atoms with Crippen molar-refractivity contribution in [2.24, 2.45) is 5.92 Å². The van der Waals surface area contributed by atoms with Crippen LogP contribution in [0.1, 0.15) is 46.5 Å². The molecule has 0 radical (unpaired) electrons. The molecule has 2 rings (SSSR count). The quantitative estimate of drug-likeness (QED) is 0.492. The summed E-state index contributed by atoms with van der Waals surface area (Å²) < 4.78 is 122. The molecule has 0 fully saturated rings. The zero-order valence-electron chi connectivity index (χ0n) is 15.8. The predicted molar refractivity (Wildman–Crippen MR) is 92.0 cm³/mol. The smallest absolute Gasteiger partial charge is 0.387 e. The molecular weight excluding hydrogens is 479 g/mol. The fourth-order valence-electron chi connectivity index (χ4n) is 2.72. The van der Waals surface area contributed by atoms with E-state index in [2.05, 4.69) is 4.98 Å². The summed E-state index contributed by atoms with van der Waals surface area (Å²) in [6, 6.07) is 1.80.